The summed E-state index contributed by atoms with van der Waals surface area (Å²) in [4.78, 5) is 2.37. The van der Waals surface area contributed by atoms with Crippen molar-refractivity contribution in [1.29, 1.82) is 0 Å². The maximum absolute atomic E-state index is 9.06. The molecule has 2 aliphatic heterocycles. The molecule has 0 spiro atoms. The molecule has 3 atom stereocenters. The van der Waals surface area contributed by atoms with Gasteiger partial charge in [-0.1, -0.05) is 0 Å². The summed E-state index contributed by atoms with van der Waals surface area (Å²) >= 11 is 0. The maximum atomic E-state index is 9.06. The minimum atomic E-state index is -0.292. The summed E-state index contributed by atoms with van der Waals surface area (Å²) in [5, 5.41) is 9.06. The first-order valence-electron chi connectivity index (χ1n) is 4.34. The molecular weight excluding hydrogens is 140 g/mol. The van der Waals surface area contributed by atoms with Crippen molar-refractivity contribution in [2.75, 3.05) is 26.2 Å². The number of aliphatic hydroxyl groups excluding tert-OH is 1. The highest BCUT2D eigenvalue weighted by Crippen LogP contribution is 2.31. The Morgan fingerprint density at radius 3 is 3.09 bits per heavy atom. The van der Waals surface area contributed by atoms with Crippen molar-refractivity contribution in [2.45, 2.75) is 18.4 Å². The van der Waals surface area contributed by atoms with Crippen LogP contribution < -0.4 is 5.73 Å². The summed E-state index contributed by atoms with van der Waals surface area (Å²) in [6.45, 7) is 3.42. The zero-order valence-electron chi connectivity index (χ0n) is 6.79. The molecule has 11 heavy (non-hydrogen) atoms. The Morgan fingerprint density at radius 1 is 1.64 bits per heavy atom. The van der Waals surface area contributed by atoms with Crippen LogP contribution in [0.4, 0.5) is 0 Å². The number of nitrogens with zero attached hydrogens (tertiary/aromatic N) is 1. The zero-order valence-corrected chi connectivity index (χ0v) is 6.79. The van der Waals surface area contributed by atoms with Gasteiger partial charge in [0, 0.05) is 13.1 Å². The lowest BCUT2D eigenvalue weighted by molar-refractivity contribution is 0.104. The Kier molecular flexibility index (Phi) is 1.67. The van der Waals surface area contributed by atoms with Crippen LogP contribution in [-0.2, 0) is 0 Å². The van der Waals surface area contributed by atoms with Crippen LogP contribution in [0.2, 0.25) is 0 Å². The number of piperidine rings is 1. The maximum Gasteiger partial charge on any atom is 0.0623 e. The summed E-state index contributed by atoms with van der Waals surface area (Å²) in [6.07, 6.45) is 2.29. The molecule has 2 fully saturated rings. The minimum Gasteiger partial charge on any atom is -0.394 e. The molecule has 2 saturated heterocycles. The number of aliphatic hydroxyl groups is 1. The third kappa shape index (κ3) is 1.28. The molecule has 3 N–H and O–H groups in total. The van der Waals surface area contributed by atoms with E-state index >= 15 is 0 Å². The van der Waals surface area contributed by atoms with Gasteiger partial charge in [-0.05, 0) is 25.3 Å². The monoisotopic (exact) mass is 156 g/mol. The number of rotatable bonds is 1. The van der Waals surface area contributed by atoms with Gasteiger partial charge in [0.25, 0.3) is 0 Å². The molecule has 64 valence electrons. The minimum absolute atomic E-state index is 0.139. The van der Waals surface area contributed by atoms with Crippen LogP contribution in [-0.4, -0.2) is 41.8 Å². The van der Waals surface area contributed by atoms with Gasteiger partial charge in [-0.15, -0.1) is 0 Å². The van der Waals surface area contributed by atoms with Crippen LogP contribution in [0.25, 0.3) is 0 Å². The quantitative estimate of drug-likeness (QED) is 0.533. The predicted molar refractivity (Wildman–Crippen MR) is 43.2 cm³/mol. The third-order valence-electron chi connectivity index (χ3n) is 2.92. The van der Waals surface area contributed by atoms with E-state index in [2.05, 4.69) is 4.90 Å². The zero-order chi connectivity index (χ0) is 7.90. The molecule has 0 aromatic carbocycles. The first-order valence-corrected chi connectivity index (χ1v) is 4.34. The average Bonchev–Trinajstić information content (AvgIpc) is 2.31. The van der Waals surface area contributed by atoms with Crippen molar-refractivity contribution in [3.63, 3.8) is 0 Å². The third-order valence-corrected chi connectivity index (χ3v) is 2.92. The Bertz CT molecular complexity index is 148. The number of hydrogen-bond acceptors (Lipinski definition) is 3. The molecule has 2 bridgehead atoms. The molecule has 0 amide bonds. The number of fused-ring (bicyclic) bond motifs is 2. The van der Waals surface area contributed by atoms with E-state index in [1.165, 1.54) is 19.5 Å². The second kappa shape index (κ2) is 2.44. The van der Waals surface area contributed by atoms with Gasteiger partial charge in [-0.25, -0.2) is 0 Å². The summed E-state index contributed by atoms with van der Waals surface area (Å²) in [7, 11) is 0. The predicted octanol–water partition coefficient (Wildman–Crippen LogP) is -0.598. The van der Waals surface area contributed by atoms with E-state index in [1.807, 2.05) is 0 Å². The van der Waals surface area contributed by atoms with E-state index < -0.39 is 0 Å². The molecular formula is C8H16N2O. The second-order valence-corrected chi connectivity index (χ2v) is 4.11. The van der Waals surface area contributed by atoms with Crippen molar-refractivity contribution in [2.24, 2.45) is 11.7 Å². The summed E-state index contributed by atoms with van der Waals surface area (Å²) in [5.74, 6) is 0.751. The van der Waals surface area contributed by atoms with Crippen molar-refractivity contribution in [3.05, 3.63) is 0 Å². The van der Waals surface area contributed by atoms with Gasteiger partial charge in [0.2, 0.25) is 0 Å². The standard InChI is InChI=1S/C8H16N2O/c9-8(6-11)3-7-1-2-10(4-7)5-8/h7,11H,1-6,9H2. The van der Waals surface area contributed by atoms with Gasteiger partial charge in [0.15, 0.2) is 0 Å². The molecule has 0 aliphatic carbocycles. The van der Waals surface area contributed by atoms with E-state index in [1.54, 1.807) is 0 Å². The molecule has 0 radical (unpaired) electrons. The van der Waals surface area contributed by atoms with Gasteiger partial charge in [-0.2, -0.15) is 0 Å². The van der Waals surface area contributed by atoms with Crippen molar-refractivity contribution in [1.82, 2.24) is 4.90 Å². The normalized spacial score (nSPS) is 49.6. The fourth-order valence-corrected chi connectivity index (χ4v) is 2.42. The Balaban J connectivity index is 2.07. The van der Waals surface area contributed by atoms with E-state index in [-0.39, 0.29) is 12.1 Å². The molecule has 0 aromatic heterocycles. The molecule has 2 aliphatic rings. The lowest BCUT2D eigenvalue weighted by atomic mass is 9.86. The highest BCUT2D eigenvalue weighted by Gasteiger charge is 2.39. The first-order chi connectivity index (χ1) is 5.22. The smallest absolute Gasteiger partial charge is 0.0623 e. The largest absolute Gasteiger partial charge is 0.394 e. The summed E-state index contributed by atoms with van der Waals surface area (Å²) in [6, 6.07) is 0. The number of nitrogens with two attached hydrogens (primary N) is 1. The second-order valence-electron chi connectivity index (χ2n) is 4.11. The highest BCUT2D eigenvalue weighted by molar-refractivity contribution is 4.97. The first kappa shape index (κ1) is 7.53. The topological polar surface area (TPSA) is 49.5 Å². The molecule has 3 unspecified atom stereocenters. The van der Waals surface area contributed by atoms with Gasteiger partial charge >= 0.3 is 0 Å². The Labute approximate surface area is 67.2 Å². The fraction of sp³-hybridized carbons (Fsp3) is 1.00. The van der Waals surface area contributed by atoms with Crippen molar-refractivity contribution < 1.29 is 5.11 Å². The molecule has 2 heterocycles. The van der Waals surface area contributed by atoms with Crippen LogP contribution in [0.5, 0.6) is 0 Å². The van der Waals surface area contributed by atoms with Gasteiger partial charge < -0.3 is 15.7 Å². The van der Waals surface area contributed by atoms with Gasteiger partial charge in [-0.3, -0.25) is 0 Å². The van der Waals surface area contributed by atoms with Gasteiger partial charge in [0.1, 0.15) is 0 Å². The Morgan fingerprint density at radius 2 is 2.45 bits per heavy atom. The van der Waals surface area contributed by atoms with Crippen LogP contribution in [0.1, 0.15) is 12.8 Å². The summed E-state index contributed by atoms with van der Waals surface area (Å²) < 4.78 is 0. The fourth-order valence-electron chi connectivity index (χ4n) is 2.42. The summed E-state index contributed by atoms with van der Waals surface area (Å²) in [5.41, 5.74) is 5.70. The SMILES string of the molecule is NC1(CO)CC2CCN(C2)C1. The van der Waals surface area contributed by atoms with Gasteiger partial charge in [0.05, 0.1) is 12.1 Å². The molecule has 3 heteroatoms. The molecule has 3 nitrogen and oxygen atoms in total. The molecule has 0 aromatic rings. The van der Waals surface area contributed by atoms with E-state index in [9.17, 15) is 0 Å². The lowest BCUT2D eigenvalue weighted by Gasteiger charge is -2.37. The van der Waals surface area contributed by atoms with Crippen molar-refractivity contribution in [3.8, 4) is 0 Å². The lowest BCUT2D eigenvalue weighted by Crippen LogP contribution is -2.56. The van der Waals surface area contributed by atoms with Crippen LogP contribution >= 0.6 is 0 Å². The van der Waals surface area contributed by atoms with Crippen LogP contribution in [0.15, 0.2) is 0 Å². The highest BCUT2D eigenvalue weighted by atomic mass is 16.3. The van der Waals surface area contributed by atoms with E-state index in [0.29, 0.717) is 0 Å². The van der Waals surface area contributed by atoms with E-state index in [0.717, 1.165) is 18.9 Å². The van der Waals surface area contributed by atoms with Crippen LogP contribution in [0, 0.1) is 5.92 Å². The average molecular weight is 156 g/mol. The van der Waals surface area contributed by atoms with Crippen LogP contribution in [0.3, 0.4) is 0 Å². The Hall–Kier alpha value is -0.120. The van der Waals surface area contributed by atoms with Crippen molar-refractivity contribution >= 4 is 0 Å². The number of hydrogen-bond donors (Lipinski definition) is 2. The molecule has 2 rings (SSSR count). The van der Waals surface area contributed by atoms with E-state index in [4.69, 9.17) is 10.8 Å². The molecule has 0 saturated carbocycles.